The molecule has 19 heavy (non-hydrogen) atoms. The molecule has 1 fully saturated rings. The lowest BCUT2D eigenvalue weighted by atomic mass is 9.84. The molecule has 0 atom stereocenters. The number of rotatable bonds is 7. The SMILES string of the molecule is CN(CC1CCOCC1)C(=O)CCC(C)(C)CCN. The van der Waals surface area contributed by atoms with Crippen LogP contribution in [0.5, 0.6) is 0 Å². The van der Waals surface area contributed by atoms with Crippen LogP contribution in [0.2, 0.25) is 0 Å². The number of carbonyl (C=O) groups excluding carboxylic acids is 1. The fourth-order valence-corrected chi connectivity index (χ4v) is 2.57. The third-order valence-electron chi connectivity index (χ3n) is 4.14. The molecule has 2 N–H and O–H groups in total. The van der Waals surface area contributed by atoms with E-state index in [1.54, 1.807) is 0 Å². The zero-order chi connectivity index (χ0) is 14.3. The zero-order valence-corrected chi connectivity index (χ0v) is 12.8. The van der Waals surface area contributed by atoms with Gasteiger partial charge in [-0.05, 0) is 43.6 Å². The molecule has 0 aromatic rings. The number of nitrogens with zero attached hydrogens (tertiary/aromatic N) is 1. The first-order valence-corrected chi connectivity index (χ1v) is 7.46. The summed E-state index contributed by atoms with van der Waals surface area (Å²) in [4.78, 5) is 14.0. The van der Waals surface area contributed by atoms with E-state index in [-0.39, 0.29) is 11.3 Å². The highest BCUT2D eigenvalue weighted by Crippen LogP contribution is 2.26. The van der Waals surface area contributed by atoms with E-state index in [0.29, 0.717) is 18.9 Å². The molecule has 1 heterocycles. The molecule has 0 aromatic carbocycles. The summed E-state index contributed by atoms with van der Waals surface area (Å²) < 4.78 is 5.35. The lowest BCUT2D eigenvalue weighted by Gasteiger charge is -2.29. The summed E-state index contributed by atoms with van der Waals surface area (Å²) in [6.07, 6.45) is 4.68. The molecule has 1 aliphatic rings. The van der Waals surface area contributed by atoms with Gasteiger partial charge in [0.25, 0.3) is 0 Å². The third kappa shape index (κ3) is 6.39. The quantitative estimate of drug-likeness (QED) is 0.770. The van der Waals surface area contributed by atoms with Crippen molar-refractivity contribution >= 4 is 5.91 Å². The fourth-order valence-electron chi connectivity index (χ4n) is 2.57. The Morgan fingerprint density at radius 3 is 2.53 bits per heavy atom. The topological polar surface area (TPSA) is 55.6 Å². The molecule has 1 aliphatic heterocycles. The molecule has 112 valence electrons. The van der Waals surface area contributed by atoms with Crippen molar-refractivity contribution in [1.29, 1.82) is 0 Å². The Bertz CT molecular complexity index is 273. The average molecular weight is 270 g/mol. The Labute approximate surface area is 117 Å². The summed E-state index contributed by atoms with van der Waals surface area (Å²) in [7, 11) is 1.92. The predicted molar refractivity (Wildman–Crippen MR) is 77.9 cm³/mol. The van der Waals surface area contributed by atoms with Crippen LogP contribution in [0.15, 0.2) is 0 Å². The molecule has 4 nitrogen and oxygen atoms in total. The van der Waals surface area contributed by atoms with Crippen LogP contribution in [0.1, 0.15) is 46.0 Å². The smallest absolute Gasteiger partial charge is 0.222 e. The summed E-state index contributed by atoms with van der Waals surface area (Å²) in [5.41, 5.74) is 5.77. The van der Waals surface area contributed by atoms with Crippen LogP contribution >= 0.6 is 0 Å². The lowest BCUT2D eigenvalue weighted by molar-refractivity contribution is -0.131. The first-order chi connectivity index (χ1) is 8.94. The second-order valence-electron chi connectivity index (χ2n) is 6.53. The average Bonchev–Trinajstić information content (AvgIpc) is 2.37. The van der Waals surface area contributed by atoms with Crippen LogP contribution in [0.4, 0.5) is 0 Å². The molecule has 0 saturated carbocycles. The van der Waals surface area contributed by atoms with E-state index >= 15 is 0 Å². The van der Waals surface area contributed by atoms with Gasteiger partial charge in [-0.2, -0.15) is 0 Å². The fraction of sp³-hybridized carbons (Fsp3) is 0.933. The molecule has 0 aromatic heterocycles. The van der Waals surface area contributed by atoms with E-state index < -0.39 is 0 Å². The summed E-state index contributed by atoms with van der Waals surface area (Å²) >= 11 is 0. The summed E-state index contributed by atoms with van der Waals surface area (Å²) in [5, 5.41) is 0. The molecule has 1 saturated heterocycles. The molecular formula is C15H30N2O2. The normalized spacial score (nSPS) is 17.5. The monoisotopic (exact) mass is 270 g/mol. The maximum Gasteiger partial charge on any atom is 0.222 e. The zero-order valence-electron chi connectivity index (χ0n) is 12.8. The molecule has 1 amide bonds. The van der Waals surface area contributed by atoms with E-state index in [9.17, 15) is 4.79 Å². The van der Waals surface area contributed by atoms with Gasteiger partial charge in [-0.3, -0.25) is 4.79 Å². The van der Waals surface area contributed by atoms with E-state index in [2.05, 4.69) is 13.8 Å². The van der Waals surface area contributed by atoms with Gasteiger partial charge in [-0.1, -0.05) is 13.8 Å². The van der Waals surface area contributed by atoms with Gasteiger partial charge in [0.05, 0.1) is 0 Å². The highest BCUT2D eigenvalue weighted by Gasteiger charge is 2.22. The molecule has 0 unspecified atom stereocenters. The number of ether oxygens (including phenoxy) is 1. The number of amides is 1. The van der Waals surface area contributed by atoms with Crippen LogP contribution in [0.3, 0.4) is 0 Å². The largest absolute Gasteiger partial charge is 0.381 e. The molecule has 4 heteroatoms. The van der Waals surface area contributed by atoms with Crippen LogP contribution in [-0.2, 0) is 9.53 Å². The third-order valence-corrected chi connectivity index (χ3v) is 4.14. The standard InChI is InChI=1S/C15H30N2O2/c1-15(2,8-9-16)7-4-14(18)17(3)12-13-5-10-19-11-6-13/h13H,4-12,16H2,1-3H3. The van der Waals surface area contributed by atoms with Crippen molar-refractivity contribution in [3.63, 3.8) is 0 Å². The molecule has 1 rings (SSSR count). The van der Waals surface area contributed by atoms with Crippen LogP contribution < -0.4 is 5.73 Å². The minimum atomic E-state index is 0.171. The number of hydrogen-bond acceptors (Lipinski definition) is 3. The van der Waals surface area contributed by atoms with Gasteiger partial charge in [-0.15, -0.1) is 0 Å². The van der Waals surface area contributed by atoms with Crippen molar-refractivity contribution < 1.29 is 9.53 Å². The van der Waals surface area contributed by atoms with Gasteiger partial charge in [0, 0.05) is 33.2 Å². The van der Waals surface area contributed by atoms with Gasteiger partial charge in [0.15, 0.2) is 0 Å². The molecular weight excluding hydrogens is 240 g/mol. The highest BCUT2D eigenvalue weighted by molar-refractivity contribution is 5.75. The summed E-state index contributed by atoms with van der Waals surface area (Å²) in [6, 6.07) is 0. The van der Waals surface area contributed by atoms with Crippen molar-refractivity contribution in [2.45, 2.75) is 46.0 Å². The minimum Gasteiger partial charge on any atom is -0.381 e. The Morgan fingerprint density at radius 1 is 1.32 bits per heavy atom. The first-order valence-electron chi connectivity index (χ1n) is 7.46. The van der Waals surface area contributed by atoms with Crippen molar-refractivity contribution in [2.75, 3.05) is 33.4 Å². The van der Waals surface area contributed by atoms with Crippen LogP contribution in [0.25, 0.3) is 0 Å². The molecule has 0 spiro atoms. The van der Waals surface area contributed by atoms with Gasteiger partial charge >= 0.3 is 0 Å². The number of nitrogens with two attached hydrogens (primary N) is 1. The lowest BCUT2D eigenvalue weighted by Crippen LogP contribution is -2.34. The molecule has 0 radical (unpaired) electrons. The Balaban J connectivity index is 2.27. The second-order valence-corrected chi connectivity index (χ2v) is 6.53. The number of hydrogen-bond donors (Lipinski definition) is 1. The summed E-state index contributed by atoms with van der Waals surface area (Å²) in [5.74, 6) is 0.872. The first kappa shape index (κ1) is 16.4. The molecule has 0 aliphatic carbocycles. The maximum atomic E-state index is 12.1. The second kappa shape index (κ2) is 7.85. The van der Waals surface area contributed by atoms with E-state index in [0.717, 1.165) is 45.4 Å². The van der Waals surface area contributed by atoms with Crippen molar-refractivity contribution in [1.82, 2.24) is 4.90 Å². The number of carbonyl (C=O) groups is 1. The Morgan fingerprint density at radius 2 is 1.95 bits per heavy atom. The molecule has 0 bridgehead atoms. The van der Waals surface area contributed by atoms with Gasteiger partial charge in [0.1, 0.15) is 0 Å². The van der Waals surface area contributed by atoms with Crippen LogP contribution in [0, 0.1) is 11.3 Å². The van der Waals surface area contributed by atoms with Crippen molar-refractivity contribution in [3.05, 3.63) is 0 Å². The van der Waals surface area contributed by atoms with E-state index in [1.807, 2.05) is 11.9 Å². The minimum absolute atomic E-state index is 0.171. The predicted octanol–water partition coefficient (Wildman–Crippen LogP) is 2.03. The van der Waals surface area contributed by atoms with Crippen molar-refractivity contribution in [3.8, 4) is 0 Å². The Hall–Kier alpha value is -0.610. The van der Waals surface area contributed by atoms with Crippen molar-refractivity contribution in [2.24, 2.45) is 17.1 Å². The van der Waals surface area contributed by atoms with E-state index in [4.69, 9.17) is 10.5 Å². The van der Waals surface area contributed by atoms with Gasteiger partial charge < -0.3 is 15.4 Å². The van der Waals surface area contributed by atoms with Gasteiger partial charge in [0.2, 0.25) is 5.91 Å². The summed E-state index contributed by atoms with van der Waals surface area (Å²) in [6.45, 7) is 7.63. The van der Waals surface area contributed by atoms with Crippen LogP contribution in [-0.4, -0.2) is 44.2 Å². The Kier molecular flexibility index (Phi) is 6.80. The highest BCUT2D eigenvalue weighted by atomic mass is 16.5. The van der Waals surface area contributed by atoms with Gasteiger partial charge in [-0.25, -0.2) is 0 Å². The van der Waals surface area contributed by atoms with E-state index in [1.165, 1.54) is 0 Å². The maximum absolute atomic E-state index is 12.1.